The predicted molar refractivity (Wildman–Crippen MR) is 147 cm³/mol. The van der Waals surface area contributed by atoms with E-state index in [4.69, 9.17) is 37.9 Å². The first-order chi connectivity index (χ1) is 20.6. The summed E-state index contributed by atoms with van der Waals surface area (Å²) in [5.74, 6) is -1.54. The standard InChI is InChI=1S/C30H38O13/c1-6-18-23(26(34)38-4)25(33)29(35)24-20(37-3)11-17(41-28-27(39-5)40-14-22(42-28)19(32)13-31)12-21(24)43-30(18,29)15-7-9-16(36-2)10-8-15/h7-12,18-19,22-23,25,27-28,31-33,35H,6,13-14H2,1-5H3/t18-,19-,22-,23-,25-,27-,28-,29+,30+/m1/s1. The highest BCUT2D eigenvalue weighted by atomic mass is 16.8. The summed E-state index contributed by atoms with van der Waals surface area (Å²) in [6.07, 6.45) is -5.53. The number of carbonyl (C=O) groups is 1. The fourth-order valence-corrected chi connectivity index (χ4v) is 6.71. The van der Waals surface area contributed by atoms with Crippen LogP contribution >= 0.6 is 0 Å². The number of fused-ring (bicyclic) bond motifs is 3. The van der Waals surface area contributed by atoms with E-state index in [0.717, 1.165) is 0 Å². The number of aliphatic hydroxyl groups excluding tert-OH is 3. The van der Waals surface area contributed by atoms with E-state index in [0.29, 0.717) is 17.7 Å². The molecule has 2 heterocycles. The first kappa shape index (κ1) is 31.3. The van der Waals surface area contributed by atoms with Gasteiger partial charge in [-0.3, -0.25) is 4.79 Å². The molecule has 2 fully saturated rings. The molecular formula is C30H38O13. The van der Waals surface area contributed by atoms with Crippen LogP contribution in [0.3, 0.4) is 0 Å². The highest BCUT2D eigenvalue weighted by Crippen LogP contribution is 2.68. The number of ether oxygens (including phenoxy) is 8. The van der Waals surface area contributed by atoms with Crippen molar-refractivity contribution in [3.63, 3.8) is 0 Å². The second-order valence-electron chi connectivity index (χ2n) is 10.7. The van der Waals surface area contributed by atoms with Crippen LogP contribution in [0.25, 0.3) is 0 Å². The Morgan fingerprint density at radius 1 is 1.07 bits per heavy atom. The van der Waals surface area contributed by atoms with Gasteiger partial charge in [-0.25, -0.2) is 0 Å². The monoisotopic (exact) mass is 606 g/mol. The van der Waals surface area contributed by atoms with E-state index < -0.39 is 66.5 Å². The zero-order valence-corrected chi connectivity index (χ0v) is 24.6. The van der Waals surface area contributed by atoms with Gasteiger partial charge in [-0.1, -0.05) is 19.1 Å². The normalized spacial score (nSPS) is 33.6. The predicted octanol–water partition coefficient (Wildman–Crippen LogP) is 0.815. The molecule has 5 rings (SSSR count). The zero-order valence-electron chi connectivity index (χ0n) is 24.6. The van der Waals surface area contributed by atoms with Gasteiger partial charge >= 0.3 is 5.97 Å². The average Bonchev–Trinajstić information content (AvgIpc) is 3.41. The maximum atomic E-state index is 13.0. The smallest absolute Gasteiger partial charge is 0.311 e. The van der Waals surface area contributed by atoms with Crippen molar-refractivity contribution in [1.82, 2.24) is 0 Å². The summed E-state index contributed by atoms with van der Waals surface area (Å²) in [6.45, 7) is 1.26. The Hall–Kier alpha value is -3.17. The molecule has 9 atom stereocenters. The molecule has 1 saturated heterocycles. The topological polar surface area (TPSA) is 172 Å². The number of rotatable bonds is 10. The Labute approximate surface area is 248 Å². The molecule has 0 bridgehead atoms. The van der Waals surface area contributed by atoms with Crippen molar-refractivity contribution in [3.8, 4) is 23.0 Å². The molecule has 1 saturated carbocycles. The summed E-state index contributed by atoms with van der Waals surface area (Å²) < 4.78 is 45.6. The summed E-state index contributed by atoms with van der Waals surface area (Å²) in [5.41, 5.74) is -3.17. The van der Waals surface area contributed by atoms with E-state index >= 15 is 0 Å². The van der Waals surface area contributed by atoms with Gasteiger partial charge < -0.3 is 58.3 Å². The van der Waals surface area contributed by atoms with Gasteiger partial charge in [0.25, 0.3) is 6.29 Å². The molecule has 13 nitrogen and oxygen atoms in total. The Morgan fingerprint density at radius 3 is 2.37 bits per heavy atom. The number of methoxy groups -OCH3 is 4. The lowest BCUT2D eigenvalue weighted by Gasteiger charge is -2.40. The Kier molecular flexibility index (Phi) is 8.78. The summed E-state index contributed by atoms with van der Waals surface area (Å²) >= 11 is 0. The van der Waals surface area contributed by atoms with E-state index in [1.807, 2.05) is 6.92 Å². The quantitative estimate of drug-likeness (QED) is 0.280. The Balaban J connectivity index is 1.63. The summed E-state index contributed by atoms with van der Waals surface area (Å²) in [4.78, 5) is 13.0. The summed E-state index contributed by atoms with van der Waals surface area (Å²) in [5, 5.41) is 43.9. The molecular weight excluding hydrogens is 568 g/mol. The SMILES string of the molecule is CC[C@@H]1[C@@H](C(=O)OC)[C@@H](O)[C@@]2(O)c3c(OC)cc(O[C@@H]4O[C@@H]([C@H](O)CO)CO[C@H]4OC)cc3O[C@@]12c1ccc(OC)cc1. The lowest BCUT2D eigenvalue weighted by atomic mass is 9.72. The van der Waals surface area contributed by atoms with Crippen LogP contribution in [0.5, 0.6) is 23.0 Å². The van der Waals surface area contributed by atoms with Crippen molar-refractivity contribution in [2.45, 2.75) is 55.4 Å². The van der Waals surface area contributed by atoms with Gasteiger partial charge in [0.15, 0.2) is 11.2 Å². The van der Waals surface area contributed by atoms with Crippen molar-refractivity contribution in [1.29, 1.82) is 0 Å². The third-order valence-electron chi connectivity index (χ3n) is 8.69. The maximum absolute atomic E-state index is 13.0. The Morgan fingerprint density at radius 2 is 1.79 bits per heavy atom. The third kappa shape index (κ3) is 4.70. The molecule has 0 amide bonds. The Bertz CT molecular complexity index is 1300. The van der Waals surface area contributed by atoms with Crippen LogP contribution in [0.1, 0.15) is 24.5 Å². The molecule has 0 spiro atoms. The number of aliphatic hydroxyl groups is 4. The maximum Gasteiger partial charge on any atom is 0.311 e. The van der Waals surface area contributed by atoms with Crippen LogP contribution in [0, 0.1) is 11.8 Å². The number of hydrogen-bond acceptors (Lipinski definition) is 13. The highest BCUT2D eigenvalue weighted by Gasteiger charge is 2.77. The molecule has 2 aromatic carbocycles. The van der Waals surface area contributed by atoms with E-state index in [2.05, 4.69) is 0 Å². The van der Waals surface area contributed by atoms with Gasteiger partial charge in [0.1, 0.15) is 41.3 Å². The second-order valence-corrected chi connectivity index (χ2v) is 10.7. The van der Waals surface area contributed by atoms with Gasteiger partial charge in [-0.2, -0.15) is 0 Å². The van der Waals surface area contributed by atoms with Crippen molar-refractivity contribution in [2.24, 2.45) is 11.8 Å². The van der Waals surface area contributed by atoms with E-state index in [1.54, 1.807) is 24.3 Å². The van der Waals surface area contributed by atoms with Crippen molar-refractivity contribution in [2.75, 3.05) is 41.7 Å². The number of carbonyl (C=O) groups excluding carboxylic acids is 1. The minimum atomic E-state index is -2.16. The van der Waals surface area contributed by atoms with Crippen LogP contribution in [-0.4, -0.2) is 98.9 Å². The van der Waals surface area contributed by atoms with E-state index in [9.17, 15) is 25.2 Å². The second kappa shape index (κ2) is 12.1. The molecule has 0 unspecified atom stereocenters. The first-order valence-electron chi connectivity index (χ1n) is 13.9. The molecule has 13 heteroatoms. The van der Waals surface area contributed by atoms with Gasteiger partial charge in [0.05, 0.1) is 46.0 Å². The largest absolute Gasteiger partial charge is 0.497 e. The van der Waals surface area contributed by atoms with Gasteiger partial charge in [0.2, 0.25) is 6.29 Å². The van der Waals surface area contributed by atoms with Crippen LogP contribution in [0.2, 0.25) is 0 Å². The molecule has 1 aliphatic carbocycles. The number of esters is 1. The molecule has 236 valence electrons. The van der Waals surface area contributed by atoms with Gasteiger partial charge in [-0.15, -0.1) is 0 Å². The van der Waals surface area contributed by atoms with Crippen molar-refractivity contribution >= 4 is 5.97 Å². The molecule has 2 aromatic rings. The number of hydrogen-bond donors (Lipinski definition) is 4. The van der Waals surface area contributed by atoms with E-state index in [-0.39, 0.29) is 29.4 Å². The minimum Gasteiger partial charge on any atom is -0.497 e. The highest BCUT2D eigenvalue weighted by molar-refractivity contribution is 5.76. The summed E-state index contributed by atoms with van der Waals surface area (Å²) in [7, 11) is 5.55. The molecule has 0 aromatic heterocycles. The van der Waals surface area contributed by atoms with Crippen molar-refractivity contribution < 1.29 is 63.1 Å². The van der Waals surface area contributed by atoms with Gasteiger partial charge in [-0.05, 0) is 24.1 Å². The fourth-order valence-electron chi connectivity index (χ4n) is 6.71. The minimum absolute atomic E-state index is 0.0359. The molecule has 0 radical (unpaired) electrons. The lowest BCUT2D eigenvalue weighted by molar-refractivity contribution is -0.324. The summed E-state index contributed by atoms with van der Waals surface area (Å²) in [6, 6.07) is 9.83. The molecule has 2 aliphatic heterocycles. The molecule has 43 heavy (non-hydrogen) atoms. The van der Waals surface area contributed by atoms with Gasteiger partial charge in [0, 0.05) is 25.2 Å². The van der Waals surface area contributed by atoms with Crippen LogP contribution in [-0.2, 0) is 34.9 Å². The zero-order chi connectivity index (χ0) is 31.1. The average molecular weight is 607 g/mol. The number of benzene rings is 2. The van der Waals surface area contributed by atoms with Crippen LogP contribution < -0.4 is 18.9 Å². The third-order valence-corrected chi connectivity index (χ3v) is 8.69. The van der Waals surface area contributed by atoms with E-state index in [1.165, 1.54) is 40.6 Å². The van der Waals surface area contributed by atoms with Crippen LogP contribution in [0.15, 0.2) is 36.4 Å². The molecule has 3 aliphatic rings. The van der Waals surface area contributed by atoms with Crippen molar-refractivity contribution in [3.05, 3.63) is 47.5 Å². The molecule has 4 N–H and O–H groups in total. The van der Waals surface area contributed by atoms with Crippen LogP contribution in [0.4, 0.5) is 0 Å². The fraction of sp³-hybridized carbons (Fsp3) is 0.567. The lowest BCUT2D eigenvalue weighted by Crippen LogP contribution is -2.52. The first-order valence-corrected chi connectivity index (χ1v) is 13.9.